The molecule has 0 spiro atoms. The van der Waals surface area contributed by atoms with E-state index in [1.807, 2.05) is 0 Å². The number of benzene rings is 2. The second-order valence-electron chi connectivity index (χ2n) is 30.7. The van der Waals surface area contributed by atoms with Crippen molar-refractivity contribution < 1.29 is 21.2 Å². The van der Waals surface area contributed by atoms with E-state index in [1.165, 1.54) is 437 Å². The van der Waals surface area contributed by atoms with Gasteiger partial charge in [0.25, 0.3) is 0 Å². The van der Waals surface area contributed by atoms with Gasteiger partial charge < -0.3 is 19.4 Å². The van der Waals surface area contributed by atoms with E-state index in [1.54, 1.807) is 4.70 Å². The average molecular weight is 1390 g/mol. The van der Waals surface area contributed by atoms with Crippen molar-refractivity contribution in [3.8, 4) is 0 Å². The Bertz CT molecular complexity index is 1910. The number of hydrogen-bond acceptors (Lipinski definition) is 0. The van der Waals surface area contributed by atoms with Crippen LogP contribution in [0.5, 0.6) is 0 Å². The molecular weight excluding hydrogens is 1220 g/mol. The minimum Gasteiger partial charge on any atom is -0.493 e. The van der Waals surface area contributed by atoms with Crippen LogP contribution in [-0.4, -0.2) is 4.70 Å². The quantitative estimate of drug-likeness (QED) is 0.0273. The summed E-state index contributed by atoms with van der Waals surface area (Å²) in [6.07, 6.45) is 96.3. The summed E-state index contributed by atoms with van der Waals surface area (Å²) in [7, 11) is 0. The third-order valence-corrected chi connectivity index (χ3v) is 21.0. The predicted molar refractivity (Wildman–Crippen MR) is 437 cm³/mol. The molecule has 0 amide bonds. The van der Waals surface area contributed by atoms with Gasteiger partial charge in [-0.25, -0.2) is 4.70 Å². The maximum Gasteiger partial charge on any atom is 2.00 e. The first kappa shape index (κ1) is 95.0. The average Bonchev–Trinajstić information content (AvgIpc) is 1.62. The Labute approximate surface area is 621 Å². The van der Waals surface area contributed by atoms with Crippen molar-refractivity contribution in [2.45, 2.75) is 492 Å². The molecule has 0 unspecified atom stereocenters. The third-order valence-electron chi connectivity index (χ3n) is 21.0. The van der Waals surface area contributed by atoms with Crippen LogP contribution in [0.2, 0.25) is 0 Å². The molecule has 0 fully saturated rings. The molecule has 1 aliphatic heterocycles. The molecule has 0 radical (unpaired) electrons. The molecule has 1 heterocycles. The SMILES string of the molecule is CCCCCCCCCCCCCCCCCCCCc1cc(CCCCCCCCCCCCCCCCCCCC)cc(C2=C(CCCCCCCC)C=C(c3cc(CCCC)cc(CCCC)c3)[N+]2=[N-])c1.[CH2-]CCCCCCCCCC.[CH2-]CCCCCCCCCC.[Ni+2]. The number of nitrogens with zero attached hydrogens (tertiary/aromatic N) is 2. The van der Waals surface area contributed by atoms with Crippen molar-refractivity contribution in [3.63, 3.8) is 0 Å². The largest absolute Gasteiger partial charge is 2.00 e. The first-order valence-corrected chi connectivity index (χ1v) is 44.2. The van der Waals surface area contributed by atoms with Crippen LogP contribution in [0.3, 0.4) is 0 Å². The van der Waals surface area contributed by atoms with E-state index < -0.39 is 0 Å². The van der Waals surface area contributed by atoms with Crippen molar-refractivity contribution in [3.05, 3.63) is 101 Å². The molecule has 0 N–H and O–H groups in total. The van der Waals surface area contributed by atoms with Gasteiger partial charge in [-0.2, -0.15) is 12.8 Å². The van der Waals surface area contributed by atoms with E-state index in [9.17, 15) is 5.53 Å². The van der Waals surface area contributed by atoms with E-state index in [-0.39, 0.29) is 16.5 Å². The summed E-state index contributed by atoms with van der Waals surface area (Å²) in [6, 6.07) is 14.8. The molecule has 2 aromatic rings. The van der Waals surface area contributed by atoms with Crippen LogP contribution in [0, 0.1) is 13.8 Å². The second kappa shape index (κ2) is 75.2. The van der Waals surface area contributed by atoms with Crippen molar-refractivity contribution in [2.75, 3.05) is 0 Å². The second-order valence-corrected chi connectivity index (χ2v) is 30.7. The van der Waals surface area contributed by atoms with Crippen molar-refractivity contribution in [1.29, 1.82) is 0 Å². The maximum atomic E-state index is 12.5. The first-order chi connectivity index (χ1) is 47.4. The molecular formula is C94H170N2Ni. The molecule has 0 saturated heterocycles. The fourth-order valence-corrected chi connectivity index (χ4v) is 14.6. The molecule has 0 aliphatic carbocycles. The molecule has 0 aromatic heterocycles. The third kappa shape index (κ3) is 57.2. The van der Waals surface area contributed by atoms with Gasteiger partial charge in [0.05, 0.1) is 0 Å². The summed E-state index contributed by atoms with van der Waals surface area (Å²) < 4.78 is 1.63. The molecule has 0 bridgehead atoms. The van der Waals surface area contributed by atoms with E-state index in [0.717, 1.165) is 56.3 Å². The van der Waals surface area contributed by atoms with E-state index >= 15 is 0 Å². The number of aryl methyl sites for hydroxylation is 4. The Morgan fingerprint density at radius 1 is 0.237 bits per heavy atom. The summed E-state index contributed by atoms with van der Waals surface area (Å²) in [4.78, 5) is 0. The van der Waals surface area contributed by atoms with Gasteiger partial charge in [-0.1, -0.05) is 427 Å². The molecule has 2 aromatic carbocycles. The van der Waals surface area contributed by atoms with Gasteiger partial charge in [0.15, 0.2) is 0 Å². The van der Waals surface area contributed by atoms with Crippen LogP contribution in [-0.2, 0) is 42.2 Å². The van der Waals surface area contributed by atoms with Crippen LogP contribution in [0.25, 0.3) is 16.9 Å². The predicted octanol–water partition coefficient (Wildman–Crippen LogP) is 33.8. The van der Waals surface area contributed by atoms with Gasteiger partial charge in [0.1, 0.15) is 0 Å². The Hall–Kier alpha value is -1.99. The molecule has 3 rings (SSSR count). The zero-order chi connectivity index (χ0) is 69.5. The smallest absolute Gasteiger partial charge is 0.493 e. The van der Waals surface area contributed by atoms with Gasteiger partial charge in [0, 0.05) is 22.8 Å². The molecule has 566 valence electrons. The maximum absolute atomic E-state index is 12.5. The Morgan fingerprint density at radius 2 is 0.433 bits per heavy atom. The fourth-order valence-electron chi connectivity index (χ4n) is 14.6. The van der Waals surface area contributed by atoms with Gasteiger partial charge in [-0.05, 0) is 111 Å². The van der Waals surface area contributed by atoms with Crippen LogP contribution in [0.1, 0.15) is 499 Å². The Balaban J connectivity index is 0.00000340. The molecule has 0 atom stereocenters. The molecule has 2 nitrogen and oxygen atoms in total. The Kier molecular flexibility index (Phi) is 73.6. The van der Waals surface area contributed by atoms with Crippen LogP contribution < -0.4 is 0 Å². The number of rotatable bonds is 69. The van der Waals surface area contributed by atoms with E-state index in [2.05, 4.69) is 105 Å². The monoisotopic (exact) mass is 1390 g/mol. The minimum atomic E-state index is 0. The molecule has 3 heteroatoms. The molecule has 1 aliphatic rings. The number of unbranched alkanes of at least 4 members (excludes halogenated alkanes) is 57. The van der Waals surface area contributed by atoms with Crippen LogP contribution in [0.4, 0.5) is 0 Å². The zero-order valence-electron chi connectivity index (χ0n) is 67.0. The van der Waals surface area contributed by atoms with E-state index in [0.29, 0.717) is 0 Å². The van der Waals surface area contributed by atoms with Crippen LogP contribution in [0.15, 0.2) is 48.0 Å². The number of hydrogen-bond donors (Lipinski definition) is 0. The minimum absolute atomic E-state index is 0. The Morgan fingerprint density at radius 3 is 0.670 bits per heavy atom. The van der Waals surface area contributed by atoms with E-state index in [4.69, 9.17) is 0 Å². The fraction of sp³-hybridized carbons (Fsp3) is 0.809. The summed E-state index contributed by atoms with van der Waals surface area (Å²) in [5.74, 6) is 0. The summed E-state index contributed by atoms with van der Waals surface area (Å²) >= 11 is 0. The van der Waals surface area contributed by atoms with Gasteiger partial charge in [-0.15, -0.1) is 0 Å². The normalized spacial score (nSPS) is 12.1. The summed E-state index contributed by atoms with van der Waals surface area (Å²) in [5, 5.41) is 0. The topological polar surface area (TPSA) is 25.3 Å². The zero-order valence-corrected chi connectivity index (χ0v) is 67.9. The van der Waals surface area contributed by atoms with Gasteiger partial charge in [0.2, 0.25) is 11.4 Å². The van der Waals surface area contributed by atoms with Crippen LogP contribution >= 0.6 is 0 Å². The standard InChI is InChI=1S/C72H124N2.2C11H23.Ni/c1-6-11-16-19-22-24-26-28-30-32-34-36-38-40-42-44-46-49-54-66-58-67(55-50-47-45-43-41-39-37-35-33-31-29-27-25-23-20-17-12-7-2)62-70(61-66)72-68(56-51-48-21-18-13-8-3)63-71(74(72)73)69-59-64(52-14-9-4)57-65(60-69)53-15-10-5;2*1-3-5-7-9-11-10-8-6-4-2;/h57-63H,6-56H2,1-5H3;2*1,3-11H2,2H3;/q;2*-1;+2. The van der Waals surface area contributed by atoms with Crippen molar-refractivity contribution in [1.82, 2.24) is 0 Å². The van der Waals surface area contributed by atoms with Crippen molar-refractivity contribution in [2.24, 2.45) is 0 Å². The van der Waals surface area contributed by atoms with Gasteiger partial charge in [-0.3, -0.25) is 0 Å². The molecule has 0 saturated carbocycles. The summed E-state index contributed by atoms with van der Waals surface area (Å²) in [6.45, 7) is 23.7. The summed E-state index contributed by atoms with van der Waals surface area (Å²) in [5.41, 5.74) is 24.1. The van der Waals surface area contributed by atoms with Gasteiger partial charge >= 0.3 is 16.5 Å². The first-order valence-electron chi connectivity index (χ1n) is 44.2. The molecule has 97 heavy (non-hydrogen) atoms. The van der Waals surface area contributed by atoms with Crippen molar-refractivity contribution >= 4 is 11.4 Å². The number of allylic oxidation sites excluding steroid dienone is 2.